The molecule has 2 rings (SSSR count). The molecule has 0 spiro atoms. The van der Waals surface area contributed by atoms with Crippen molar-refractivity contribution in [3.63, 3.8) is 0 Å². The van der Waals surface area contributed by atoms with Crippen molar-refractivity contribution in [1.29, 1.82) is 0 Å². The molecule has 0 bridgehead atoms. The smallest absolute Gasteiger partial charge is 0.119 e. The van der Waals surface area contributed by atoms with Crippen molar-refractivity contribution in [3.8, 4) is 11.5 Å². The first-order valence-electron chi connectivity index (χ1n) is 6.65. The van der Waals surface area contributed by atoms with Crippen LogP contribution in [0.15, 0.2) is 48.5 Å². The van der Waals surface area contributed by atoms with E-state index in [1.165, 1.54) is 11.1 Å². The predicted octanol–water partition coefficient (Wildman–Crippen LogP) is 4.97. The third-order valence-electron chi connectivity index (χ3n) is 2.93. The van der Waals surface area contributed by atoms with Crippen molar-refractivity contribution in [3.05, 3.63) is 59.7 Å². The minimum absolute atomic E-state index is 0.144. The highest BCUT2D eigenvalue weighted by molar-refractivity contribution is 9.09. The van der Waals surface area contributed by atoms with Gasteiger partial charge in [0.15, 0.2) is 0 Å². The minimum atomic E-state index is 0.144. The number of hydrogen-bond acceptors (Lipinski definition) is 2. The third-order valence-corrected chi connectivity index (χ3v) is 3.99. The van der Waals surface area contributed by atoms with Crippen LogP contribution in [0.1, 0.15) is 29.8 Å². The van der Waals surface area contributed by atoms with E-state index in [2.05, 4.69) is 34.1 Å². The third kappa shape index (κ3) is 3.76. The molecule has 0 N–H and O–H groups in total. The van der Waals surface area contributed by atoms with Crippen molar-refractivity contribution >= 4 is 15.9 Å². The van der Waals surface area contributed by atoms with E-state index in [4.69, 9.17) is 9.47 Å². The van der Waals surface area contributed by atoms with Crippen molar-refractivity contribution in [2.75, 3.05) is 7.11 Å². The predicted molar refractivity (Wildman–Crippen MR) is 86.0 cm³/mol. The van der Waals surface area contributed by atoms with Gasteiger partial charge in [0, 0.05) is 0 Å². The first kappa shape index (κ1) is 14.9. The Labute approximate surface area is 128 Å². The van der Waals surface area contributed by atoms with E-state index in [-0.39, 0.29) is 10.9 Å². The summed E-state index contributed by atoms with van der Waals surface area (Å²) < 4.78 is 10.9. The topological polar surface area (TPSA) is 18.5 Å². The molecule has 0 aromatic heterocycles. The standard InChI is InChI=1S/C17H19BrO2/c1-12(2)20-15-9-7-13(8-10-15)17(18)14-5-4-6-16(11-14)19-3/h4-12,17H,1-3H3. The Morgan fingerprint density at radius 3 is 2.20 bits per heavy atom. The molecule has 2 aromatic rings. The summed E-state index contributed by atoms with van der Waals surface area (Å²) >= 11 is 3.74. The molecule has 2 nitrogen and oxygen atoms in total. The van der Waals surface area contributed by atoms with Gasteiger partial charge in [-0.3, -0.25) is 0 Å². The second-order valence-electron chi connectivity index (χ2n) is 4.87. The van der Waals surface area contributed by atoms with E-state index >= 15 is 0 Å². The number of methoxy groups -OCH3 is 1. The molecular formula is C17H19BrO2. The molecule has 0 aliphatic heterocycles. The molecule has 106 valence electrons. The second kappa shape index (κ2) is 6.80. The van der Waals surface area contributed by atoms with E-state index in [0.717, 1.165) is 11.5 Å². The van der Waals surface area contributed by atoms with E-state index < -0.39 is 0 Å². The Bertz CT molecular complexity index is 549. The number of halogens is 1. The summed E-state index contributed by atoms with van der Waals surface area (Å²) in [5.74, 6) is 1.76. The molecule has 0 amide bonds. The zero-order valence-corrected chi connectivity index (χ0v) is 13.6. The van der Waals surface area contributed by atoms with Crippen molar-refractivity contribution in [1.82, 2.24) is 0 Å². The number of rotatable bonds is 5. The lowest BCUT2D eigenvalue weighted by atomic mass is 10.0. The summed E-state index contributed by atoms with van der Waals surface area (Å²) in [6.07, 6.45) is 0.194. The summed E-state index contributed by atoms with van der Waals surface area (Å²) in [6.45, 7) is 4.05. The number of hydrogen-bond donors (Lipinski definition) is 0. The van der Waals surface area contributed by atoms with Crippen LogP contribution in [-0.4, -0.2) is 13.2 Å². The van der Waals surface area contributed by atoms with Crippen molar-refractivity contribution < 1.29 is 9.47 Å². The van der Waals surface area contributed by atoms with Crippen molar-refractivity contribution in [2.45, 2.75) is 24.8 Å². The van der Waals surface area contributed by atoms with Crippen LogP contribution in [0.3, 0.4) is 0 Å². The fourth-order valence-corrected chi connectivity index (χ4v) is 2.57. The average molecular weight is 335 g/mol. The minimum Gasteiger partial charge on any atom is -0.497 e. The molecule has 0 fully saturated rings. The summed E-state index contributed by atoms with van der Waals surface area (Å²) in [5, 5.41) is 0. The lowest BCUT2D eigenvalue weighted by Crippen LogP contribution is -2.05. The highest BCUT2D eigenvalue weighted by Crippen LogP contribution is 2.33. The average Bonchev–Trinajstić information content (AvgIpc) is 2.47. The van der Waals surface area contributed by atoms with Crippen LogP contribution < -0.4 is 9.47 Å². The number of alkyl halides is 1. The van der Waals surface area contributed by atoms with Gasteiger partial charge in [0.1, 0.15) is 11.5 Å². The Balaban J connectivity index is 2.17. The molecule has 3 heteroatoms. The zero-order chi connectivity index (χ0) is 14.5. The van der Waals surface area contributed by atoms with Crippen LogP contribution in [0.5, 0.6) is 11.5 Å². The van der Waals surface area contributed by atoms with Crippen LogP contribution in [0.2, 0.25) is 0 Å². The van der Waals surface area contributed by atoms with E-state index in [1.807, 2.05) is 44.2 Å². The first-order valence-corrected chi connectivity index (χ1v) is 7.56. The summed E-state index contributed by atoms with van der Waals surface area (Å²) in [5.41, 5.74) is 2.36. The van der Waals surface area contributed by atoms with Gasteiger partial charge in [-0.25, -0.2) is 0 Å². The van der Waals surface area contributed by atoms with Gasteiger partial charge < -0.3 is 9.47 Å². The highest BCUT2D eigenvalue weighted by Gasteiger charge is 2.11. The van der Waals surface area contributed by atoms with Crippen molar-refractivity contribution in [2.24, 2.45) is 0 Å². The van der Waals surface area contributed by atoms with Gasteiger partial charge in [-0.05, 0) is 49.2 Å². The lowest BCUT2D eigenvalue weighted by molar-refractivity contribution is 0.242. The fraction of sp³-hybridized carbons (Fsp3) is 0.294. The van der Waals surface area contributed by atoms with Crippen LogP contribution in [0.25, 0.3) is 0 Å². The van der Waals surface area contributed by atoms with Gasteiger partial charge in [-0.1, -0.05) is 40.2 Å². The molecule has 0 heterocycles. The van der Waals surface area contributed by atoms with Crippen LogP contribution in [0.4, 0.5) is 0 Å². The van der Waals surface area contributed by atoms with E-state index in [0.29, 0.717) is 0 Å². The molecule has 0 saturated heterocycles. The van der Waals surface area contributed by atoms with E-state index in [9.17, 15) is 0 Å². The summed E-state index contributed by atoms with van der Waals surface area (Å²) in [7, 11) is 1.68. The molecule has 1 atom stereocenters. The Morgan fingerprint density at radius 2 is 1.60 bits per heavy atom. The lowest BCUT2D eigenvalue weighted by Gasteiger charge is -2.14. The fourth-order valence-electron chi connectivity index (χ4n) is 1.98. The molecule has 0 saturated carbocycles. The largest absolute Gasteiger partial charge is 0.497 e. The highest BCUT2D eigenvalue weighted by atomic mass is 79.9. The SMILES string of the molecule is COc1cccc(C(Br)c2ccc(OC(C)C)cc2)c1. The Hall–Kier alpha value is -1.48. The maximum absolute atomic E-state index is 5.66. The zero-order valence-electron chi connectivity index (χ0n) is 12.0. The maximum atomic E-state index is 5.66. The van der Waals surface area contributed by atoms with E-state index in [1.54, 1.807) is 7.11 Å². The molecule has 0 aliphatic rings. The first-order chi connectivity index (χ1) is 9.60. The molecule has 2 aromatic carbocycles. The summed E-state index contributed by atoms with van der Waals surface area (Å²) in [6, 6.07) is 16.2. The van der Waals surface area contributed by atoms with Gasteiger partial charge in [-0.15, -0.1) is 0 Å². The van der Waals surface area contributed by atoms with Gasteiger partial charge in [0.2, 0.25) is 0 Å². The molecule has 0 radical (unpaired) electrons. The Morgan fingerprint density at radius 1 is 0.900 bits per heavy atom. The quantitative estimate of drug-likeness (QED) is 0.719. The Kier molecular flexibility index (Phi) is 5.07. The molecule has 0 aliphatic carbocycles. The second-order valence-corrected chi connectivity index (χ2v) is 5.79. The molecule has 1 unspecified atom stereocenters. The number of benzene rings is 2. The molecule has 20 heavy (non-hydrogen) atoms. The summed E-state index contributed by atoms with van der Waals surface area (Å²) in [4.78, 5) is 0.144. The van der Waals surface area contributed by atoms with Crippen LogP contribution in [0, 0.1) is 0 Å². The molecular weight excluding hydrogens is 316 g/mol. The normalized spacial score (nSPS) is 12.2. The maximum Gasteiger partial charge on any atom is 0.119 e. The van der Waals surface area contributed by atoms with Crippen LogP contribution >= 0.6 is 15.9 Å². The number of ether oxygens (including phenoxy) is 2. The van der Waals surface area contributed by atoms with Gasteiger partial charge in [0.25, 0.3) is 0 Å². The van der Waals surface area contributed by atoms with Gasteiger partial charge in [-0.2, -0.15) is 0 Å². The van der Waals surface area contributed by atoms with Crippen LogP contribution in [-0.2, 0) is 0 Å². The van der Waals surface area contributed by atoms with Gasteiger partial charge in [0.05, 0.1) is 18.0 Å². The monoisotopic (exact) mass is 334 g/mol. The van der Waals surface area contributed by atoms with Gasteiger partial charge >= 0.3 is 0 Å².